The Bertz CT molecular complexity index is 1160. The van der Waals surface area contributed by atoms with Gasteiger partial charge in [-0.25, -0.2) is 0 Å². The average molecular weight is 491 g/mol. The number of carbonyl (C=O) groups is 2. The summed E-state index contributed by atoms with van der Waals surface area (Å²) in [5.74, 6) is 0.945. The lowest BCUT2D eigenvalue weighted by atomic mass is 9.97. The number of amides is 2. The smallest absolute Gasteiger partial charge is 0.252 e. The van der Waals surface area contributed by atoms with E-state index in [4.69, 9.17) is 4.74 Å². The van der Waals surface area contributed by atoms with E-state index in [-0.39, 0.29) is 25.3 Å². The van der Waals surface area contributed by atoms with E-state index in [2.05, 4.69) is 35.1 Å². The van der Waals surface area contributed by atoms with Gasteiger partial charge in [0.1, 0.15) is 11.9 Å². The molecule has 1 saturated heterocycles. The molecule has 0 bridgehead atoms. The molecule has 192 valence electrons. The topological polar surface area (TPSA) is 74.8 Å². The summed E-state index contributed by atoms with van der Waals surface area (Å²) in [6.45, 7) is 8.09. The Hall–Kier alpha value is -3.45. The second-order valence-corrected chi connectivity index (χ2v) is 9.19. The van der Waals surface area contributed by atoms with E-state index in [1.165, 1.54) is 0 Å². The molecule has 7 heteroatoms. The fourth-order valence-electron chi connectivity index (χ4n) is 4.66. The summed E-state index contributed by atoms with van der Waals surface area (Å²) in [5, 5.41) is 2.94. The van der Waals surface area contributed by atoms with Gasteiger partial charge >= 0.3 is 0 Å². The first kappa shape index (κ1) is 27.1. The Morgan fingerprint density at radius 3 is 2.69 bits per heavy atom. The zero-order valence-electron chi connectivity index (χ0n) is 21.0. The van der Waals surface area contributed by atoms with E-state index in [0.717, 1.165) is 58.7 Å². The summed E-state index contributed by atoms with van der Waals surface area (Å²) in [6.07, 6.45) is 7.14. The molecule has 4 rings (SSSR count). The predicted molar refractivity (Wildman–Crippen MR) is 144 cm³/mol. The third-order valence-corrected chi connectivity index (χ3v) is 6.80. The Balaban J connectivity index is 0.00000361. The minimum absolute atomic E-state index is 0. The maximum absolute atomic E-state index is 13.3. The minimum Gasteiger partial charge on any atom is -0.370 e. The maximum Gasteiger partial charge on any atom is 0.252 e. The largest absolute Gasteiger partial charge is 0.370 e. The van der Waals surface area contributed by atoms with Gasteiger partial charge in [0.2, 0.25) is 5.91 Å². The van der Waals surface area contributed by atoms with Crippen molar-refractivity contribution >= 4 is 23.1 Å². The molecule has 3 heterocycles. The van der Waals surface area contributed by atoms with Crippen LogP contribution in [0.25, 0.3) is 5.57 Å². The predicted octanol–water partition coefficient (Wildman–Crippen LogP) is 5.18. The van der Waals surface area contributed by atoms with E-state index < -0.39 is 0 Å². The highest BCUT2D eigenvalue weighted by Crippen LogP contribution is 2.31. The van der Waals surface area contributed by atoms with Crippen LogP contribution in [0.4, 0.5) is 5.69 Å². The van der Waals surface area contributed by atoms with Crippen molar-refractivity contribution in [1.82, 2.24) is 14.8 Å². The summed E-state index contributed by atoms with van der Waals surface area (Å²) >= 11 is 0. The number of nitrogens with zero attached hydrogens (tertiary/aromatic N) is 3. The van der Waals surface area contributed by atoms with E-state index in [9.17, 15) is 9.59 Å². The first-order valence-corrected chi connectivity index (χ1v) is 12.2. The number of morpholine rings is 1. The van der Waals surface area contributed by atoms with Crippen LogP contribution in [0.5, 0.6) is 0 Å². The standard InChI is InChI=1S/C28H34N4O3.CH4/c1-5-19(2)28(31(4)27(34)16-20(3)21-10-12-29-13-11-21)32-14-15-35-25(18-32)23-6-8-24-22(17-23)7-9-26(33)30-24;/h6,8,10-13,16-17,25H,5,7,9,14-15,18H2,1-4H3,(H,30,33);1H4/b20-16+,28-19-;. The molecule has 0 spiro atoms. The molecule has 1 aromatic heterocycles. The van der Waals surface area contributed by atoms with Gasteiger partial charge in [0.15, 0.2) is 0 Å². The summed E-state index contributed by atoms with van der Waals surface area (Å²) < 4.78 is 6.16. The lowest BCUT2D eigenvalue weighted by molar-refractivity contribution is -0.125. The molecule has 1 atom stereocenters. The monoisotopic (exact) mass is 490 g/mol. The van der Waals surface area contributed by atoms with Crippen molar-refractivity contribution in [3.05, 3.63) is 76.9 Å². The van der Waals surface area contributed by atoms with Crippen molar-refractivity contribution in [3.63, 3.8) is 0 Å². The van der Waals surface area contributed by atoms with Crippen LogP contribution in [-0.2, 0) is 20.7 Å². The van der Waals surface area contributed by atoms with Crippen LogP contribution in [0, 0.1) is 0 Å². The third-order valence-electron chi connectivity index (χ3n) is 6.80. The van der Waals surface area contributed by atoms with E-state index in [0.29, 0.717) is 19.6 Å². The summed E-state index contributed by atoms with van der Waals surface area (Å²) in [7, 11) is 1.85. The highest BCUT2D eigenvalue weighted by molar-refractivity contribution is 5.95. The van der Waals surface area contributed by atoms with Crippen molar-refractivity contribution in [2.45, 2.75) is 53.6 Å². The van der Waals surface area contributed by atoms with Gasteiger partial charge in [-0.3, -0.25) is 19.5 Å². The summed E-state index contributed by atoms with van der Waals surface area (Å²) in [4.78, 5) is 33.1. The SMILES string of the molecule is C.CC/C(C)=C(\N1CCOC(c2ccc3c(c2)CCC(=O)N3)C1)N(C)C(=O)/C=C(\C)c1ccncc1. The van der Waals surface area contributed by atoms with Crippen LogP contribution in [0.1, 0.15) is 63.8 Å². The van der Waals surface area contributed by atoms with Gasteiger partial charge in [-0.2, -0.15) is 0 Å². The minimum atomic E-state index is -0.107. The molecule has 2 aliphatic rings. The number of aryl methyl sites for hydroxylation is 1. The molecule has 2 aliphatic heterocycles. The first-order chi connectivity index (χ1) is 16.9. The van der Waals surface area contributed by atoms with Crippen LogP contribution < -0.4 is 5.32 Å². The number of aromatic nitrogens is 1. The van der Waals surface area contributed by atoms with Crippen LogP contribution in [0.3, 0.4) is 0 Å². The van der Waals surface area contributed by atoms with E-state index >= 15 is 0 Å². The first-order valence-electron chi connectivity index (χ1n) is 12.2. The van der Waals surface area contributed by atoms with Gasteiger partial charge in [-0.05, 0) is 72.7 Å². The third kappa shape index (κ3) is 6.02. The zero-order valence-corrected chi connectivity index (χ0v) is 21.0. The van der Waals surface area contributed by atoms with Crippen LogP contribution in [-0.4, -0.2) is 53.3 Å². The van der Waals surface area contributed by atoms with Crippen molar-refractivity contribution in [2.75, 3.05) is 32.1 Å². The Morgan fingerprint density at radius 1 is 1.22 bits per heavy atom. The van der Waals surface area contributed by atoms with Gasteiger partial charge in [-0.15, -0.1) is 0 Å². The zero-order chi connectivity index (χ0) is 24.9. The molecule has 0 aliphatic carbocycles. The fourth-order valence-corrected chi connectivity index (χ4v) is 4.66. The number of benzene rings is 1. The van der Waals surface area contributed by atoms with Crippen molar-refractivity contribution in [2.24, 2.45) is 0 Å². The van der Waals surface area contributed by atoms with Gasteiger partial charge in [0.25, 0.3) is 5.91 Å². The quantitative estimate of drug-likeness (QED) is 0.565. The second-order valence-electron chi connectivity index (χ2n) is 9.19. The average Bonchev–Trinajstić information content (AvgIpc) is 2.88. The molecular formula is C29H38N4O3. The summed E-state index contributed by atoms with van der Waals surface area (Å²) in [6, 6.07) is 9.97. The van der Waals surface area contributed by atoms with Crippen molar-refractivity contribution < 1.29 is 14.3 Å². The fraction of sp³-hybridized carbons (Fsp3) is 0.414. The van der Waals surface area contributed by atoms with E-state index in [1.54, 1.807) is 23.4 Å². The number of hydrogen-bond acceptors (Lipinski definition) is 5. The molecule has 36 heavy (non-hydrogen) atoms. The molecule has 1 fully saturated rings. The van der Waals surface area contributed by atoms with Gasteiger partial charge in [-0.1, -0.05) is 26.5 Å². The molecular weight excluding hydrogens is 452 g/mol. The van der Waals surface area contributed by atoms with Crippen molar-refractivity contribution in [3.8, 4) is 0 Å². The maximum atomic E-state index is 13.3. The van der Waals surface area contributed by atoms with Gasteiger partial charge < -0.3 is 15.0 Å². The molecule has 1 aromatic carbocycles. The van der Waals surface area contributed by atoms with Gasteiger partial charge in [0.05, 0.1) is 6.61 Å². The molecule has 0 saturated carbocycles. The number of ether oxygens (including phenoxy) is 1. The van der Waals surface area contributed by atoms with Crippen molar-refractivity contribution in [1.29, 1.82) is 0 Å². The highest BCUT2D eigenvalue weighted by Gasteiger charge is 2.28. The van der Waals surface area contributed by atoms with Crippen LogP contribution in [0.15, 0.2) is 60.2 Å². The number of hydrogen-bond donors (Lipinski definition) is 1. The number of carbonyl (C=O) groups excluding carboxylic acids is 2. The molecule has 0 radical (unpaired) electrons. The number of fused-ring (bicyclic) bond motifs is 1. The number of nitrogens with one attached hydrogen (secondary N) is 1. The number of rotatable bonds is 6. The Morgan fingerprint density at radius 2 is 1.97 bits per heavy atom. The number of likely N-dealkylation sites (N-methyl/N-ethyl adjacent to an activating group) is 1. The molecule has 1 unspecified atom stereocenters. The lowest BCUT2D eigenvalue weighted by Gasteiger charge is -2.40. The summed E-state index contributed by atoms with van der Waals surface area (Å²) in [5.41, 5.74) is 6.17. The molecule has 2 amide bonds. The highest BCUT2D eigenvalue weighted by atomic mass is 16.5. The Kier molecular flexibility index (Phi) is 9.04. The van der Waals surface area contributed by atoms with E-state index in [1.807, 2.05) is 38.2 Å². The number of anilines is 1. The molecule has 2 aromatic rings. The molecule has 7 nitrogen and oxygen atoms in total. The van der Waals surface area contributed by atoms with Gasteiger partial charge in [0, 0.05) is 50.7 Å². The molecule has 1 N–H and O–H groups in total. The number of pyridine rings is 1. The second kappa shape index (κ2) is 12.0. The van der Waals surface area contributed by atoms with Crippen LogP contribution in [0.2, 0.25) is 0 Å². The normalized spacial score (nSPS) is 18.4. The lowest BCUT2D eigenvalue weighted by Crippen LogP contribution is -2.44. The number of allylic oxidation sites excluding steroid dienone is 2. The van der Waals surface area contributed by atoms with Crippen LogP contribution >= 0.6 is 0 Å². The Labute approximate surface area is 214 Å².